The molecule has 1 aliphatic heterocycles. The second kappa shape index (κ2) is 7.17. The van der Waals surface area contributed by atoms with Gasteiger partial charge in [-0.3, -0.25) is 9.48 Å². The second-order valence-corrected chi connectivity index (χ2v) is 7.63. The molecule has 5 rings (SSSR count). The fourth-order valence-corrected chi connectivity index (χ4v) is 3.95. The van der Waals surface area contributed by atoms with Gasteiger partial charge in [-0.1, -0.05) is 0 Å². The molecule has 1 aliphatic rings. The van der Waals surface area contributed by atoms with Crippen LogP contribution in [0.5, 0.6) is 0 Å². The first-order valence-electron chi connectivity index (χ1n) is 9.90. The van der Waals surface area contributed by atoms with Crippen molar-refractivity contribution in [2.24, 2.45) is 12.8 Å². The molecule has 0 spiro atoms. The molecule has 0 bridgehead atoms. The van der Waals surface area contributed by atoms with Gasteiger partial charge in [0.1, 0.15) is 11.5 Å². The van der Waals surface area contributed by atoms with E-state index in [9.17, 15) is 9.90 Å². The van der Waals surface area contributed by atoms with Crippen molar-refractivity contribution in [3.8, 4) is 22.9 Å². The van der Waals surface area contributed by atoms with E-state index in [4.69, 9.17) is 10.2 Å². The number of carbonyl (C=O) groups excluding carboxylic acids is 1. The smallest absolute Gasteiger partial charge is 0.271 e. The minimum atomic E-state index is -0.701. The summed E-state index contributed by atoms with van der Waals surface area (Å²) >= 11 is 0. The van der Waals surface area contributed by atoms with E-state index in [0.717, 1.165) is 16.6 Å². The maximum Gasteiger partial charge on any atom is 0.271 e. The Balaban J connectivity index is 1.74. The summed E-state index contributed by atoms with van der Waals surface area (Å²) in [6.45, 7) is 2.92. The van der Waals surface area contributed by atoms with Crippen LogP contribution in [0.25, 0.3) is 33.8 Å². The van der Waals surface area contributed by atoms with Gasteiger partial charge < -0.3 is 20.2 Å². The molecule has 10 heteroatoms. The van der Waals surface area contributed by atoms with Crippen molar-refractivity contribution in [1.29, 1.82) is 0 Å². The summed E-state index contributed by atoms with van der Waals surface area (Å²) in [5, 5.41) is 15.3. The molecule has 1 saturated heterocycles. The molecule has 0 saturated carbocycles. The predicted octanol–water partition coefficient (Wildman–Crippen LogP) is 1.66. The van der Waals surface area contributed by atoms with Gasteiger partial charge in [0.15, 0.2) is 11.5 Å². The Kier molecular flexibility index (Phi) is 4.44. The average Bonchev–Trinajstić information content (AvgIpc) is 3.46. The van der Waals surface area contributed by atoms with Crippen LogP contribution in [0.15, 0.2) is 35.0 Å². The first kappa shape index (κ1) is 19.2. The molecular formula is C21H21N7O3. The molecule has 0 radical (unpaired) electrons. The fraction of sp³-hybridized carbons (Fsp3) is 0.286. The van der Waals surface area contributed by atoms with Gasteiger partial charge in [-0.25, -0.2) is 15.0 Å². The summed E-state index contributed by atoms with van der Waals surface area (Å²) in [5.74, 6) is 0.305. The largest absolute Gasteiger partial charge is 0.434 e. The van der Waals surface area contributed by atoms with Gasteiger partial charge in [0.05, 0.1) is 17.8 Å². The van der Waals surface area contributed by atoms with Crippen molar-refractivity contribution < 1.29 is 14.3 Å². The Morgan fingerprint density at radius 3 is 2.87 bits per heavy atom. The van der Waals surface area contributed by atoms with Gasteiger partial charge in [-0.2, -0.15) is 5.10 Å². The zero-order chi connectivity index (χ0) is 21.7. The topological polar surface area (TPSA) is 136 Å². The zero-order valence-electron chi connectivity index (χ0n) is 17.1. The summed E-state index contributed by atoms with van der Waals surface area (Å²) in [6, 6.07) is 5.55. The van der Waals surface area contributed by atoms with E-state index < -0.39 is 12.0 Å². The van der Waals surface area contributed by atoms with Crippen LogP contribution in [-0.2, 0) is 7.05 Å². The molecule has 0 aliphatic carbocycles. The third-order valence-electron chi connectivity index (χ3n) is 5.47. The molecule has 3 aromatic heterocycles. The number of aliphatic hydroxyl groups excluding tert-OH is 1. The monoisotopic (exact) mass is 419 g/mol. The Morgan fingerprint density at radius 1 is 1.32 bits per heavy atom. The van der Waals surface area contributed by atoms with Crippen molar-refractivity contribution in [3.05, 3.63) is 42.1 Å². The minimum Gasteiger partial charge on any atom is -0.434 e. The van der Waals surface area contributed by atoms with Gasteiger partial charge in [0.25, 0.3) is 5.91 Å². The maximum absolute atomic E-state index is 12.3. The normalized spacial score (nSPS) is 16.4. The molecule has 1 amide bonds. The van der Waals surface area contributed by atoms with Crippen LogP contribution in [0.1, 0.15) is 22.7 Å². The summed E-state index contributed by atoms with van der Waals surface area (Å²) in [6.07, 6.45) is 3.63. The first-order valence-corrected chi connectivity index (χ1v) is 9.90. The van der Waals surface area contributed by atoms with Crippen LogP contribution in [0.3, 0.4) is 0 Å². The zero-order valence-corrected chi connectivity index (χ0v) is 17.1. The number of anilines is 1. The number of carbonyl (C=O) groups is 1. The SMILES string of the molecule is Cc1nccc(-c2nc(C(N)=O)c(-c3cc4c(cnn4C)cc3N3CCC(O)C3)o2)n1. The van der Waals surface area contributed by atoms with Crippen molar-refractivity contribution in [3.63, 3.8) is 0 Å². The van der Waals surface area contributed by atoms with Crippen molar-refractivity contribution in [2.75, 3.05) is 18.0 Å². The summed E-state index contributed by atoms with van der Waals surface area (Å²) < 4.78 is 7.82. The van der Waals surface area contributed by atoms with E-state index in [0.29, 0.717) is 36.6 Å². The van der Waals surface area contributed by atoms with Crippen LogP contribution < -0.4 is 10.6 Å². The molecule has 158 valence electrons. The number of aromatic nitrogens is 5. The molecule has 4 aromatic rings. The number of aryl methyl sites for hydroxylation is 2. The number of amides is 1. The Hall–Kier alpha value is -3.79. The highest BCUT2D eigenvalue weighted by Gasteiger charge is 2.28. The predicted molar refractivity (Wildman–Crippen MR) is 113 cm³/mol. The molecule has 1 aromatic carbocycles. The van der Waals surface area contributed by atoms with Gasteiger partial charge in [-0.15, -0.1) is 0 Å². The Morgan fingerprint density at radius 2 is 2.16 bits per heavy atom. The Bertz CT molecular complexity index is 1310. The lowest BCUT2D eigenvalue weighted by Crippen LogP contribution is -2.22. The fourth-order valence-electron chi connectivity index (χ4n) is 3.95. The third-order valence-corrected chi connectivity index (χ3v) is 5.47. The molecule has 1 atom stereocenters. The molecule has 1 fully saturated rings. The molecule has 10 nitrogen and oxygen atoms in total. The highest BCUT2D eigenvalue weighted by atomic mass is 16.4. The molecule has 4 heterocycles. The van der Waals surface area contributed by atoms with E-state index >= 15 is 0 Å². The van der Waals surface area contributed by atoms with Gasteiger partial charge >= 0.3 is 0 Å². The average molecular weight is 419 g/mol. The number of hydrogen-bond donors (Lipinski definition) is 2. The number of aliphatic hydroxyl groups is 1. The number of nitrogens with zero attached hydrogens (tertiary/aromatic N) is 6. The minimum absolute atomic E-state index is 0.0220. The van der Waals surface area contributed by atoms with E-state index in [1.165, 1.54) is 0 Å². The number of rotatable bonds is 4. The molecule has 3 N–H and O–H groups in total. The number of fused-ring (bicyclic) bond motifs is 1. The van der Waals surface area contributed by atoms with Crippen molar-refractivity contribution >= 4 is 22.5 Å². The van der Waals surface area contributed by atoms with Crippen LogP contribution in [-0.4, -0.2) is 54.9 Å². The van der Waals surface area contributed by atoms with Crippen LogP contribution >= 0.6 is 0 Å². The second-order valence-electron chi connectivity index (χ2n) is 7.63. The molecule has 31 heavy (non-hydrogen) atoms. The number of hydrogen-bond acceptors (Lipinski definition) is 8. The standard InChI is InChI=1S/C21H21N7O3/c1-11-23-5-3-15(25-11)21-26-18(20(22)30)19(31-21)14-8-16-12(9-24-27(16)2)7-17(14)28-6-4-13(29)10-28/h3,5,7-9,13,29H,4,6,10H2,1-2H3,(H2,22,30). The van der Waals surface area contributed by atoms with E-state index in [2.05, 4.69) is 25.0 Å². The van der Waals surface area contributed by atoms with Crippen LogP contribution in [0, 0.1) is 6.92 Å². The highest BCUT2D eigenvalue weighted by Crippen LogP contribution is 2.39. The number of nitrogens with two attached hydrogens (primary N) is 1. The van der Waals surface area contributed by atoms with Crippen LogP contribution in [0.4, 0.5) is 5.69 Å². The maximum atomic E-state index is 12.3. The lowest BCUT2D eigenvalue weighted by atomic mass is 10.0. The first-order chi connectivity index (χ1) is 14.9. The lowest BCUT2D eigenvalue weighted by Gasteiger charge is -2.21. The number of oxazole rings is 1. The number of primary amides is 1. The van der Waals surface area contributed by atoms with E-state index in [1.54, 1.807) is 30.1 Å². The quantitative estimate of drug-likeness (QED) is 0.510. The van der Waals surface area contributed by atoms with E-state index in [-0.39, 0.29) is 17.3 Å². The van der Waals surface area contributed by atoms with Crippen molar-refractivity contribution in [1.82, 2.24) is 24.7 Å². The molecular weight excluding hydrogens is 398 g/mol. The van der Waals surface area contributed by atoms with Crippen molar-refractivity contribution in [2.45, 2.75) is 19.4 Å². The summed E-state index contributed by atoms with van der Waals surface area (Å²) in [5.41, 5.74) is 8.48. The van der Waals surface area contributed by atoms with Gasteiger partial charge in [0, 0.05) is 43.0 Å². The summed E-state index contributed by atoms with van der Waals surface area (Å²) in [4.78, 5) is 27.1. The summed E-state index contributed by atoms with van der Waals surface area (Å²) in [7, 11) is 1.84. The lowest BCUT2D eigenvalue weighted by molar-refractivity contribution is 0.0996. The van der Waals surface area contributed by atoms with Crippen LogP contribution in [0.2, 0.25) is 0 Å². The Labute approximate surface area is 177 Å². The molecule has 1 unspecified atom stereocenters. The van der Waals surface area contributed by atoms with E-state index in [1.807, 2.05) is 19.2 Å². The number of β-amino-alcohol motifs (C(OH)–C–C–N with tert-alkyl or cyclic N) is 1. The number of benzene rings is 1. The van der Waals surface area contributed by atoms with Gasteiger partial charge in [0.2, 0.25) is 5.89 Å². The highest BCUT2D eigenvalue weighted by molar-refractivity contribution is 6.01. The third kappa shape index (κ3) is 3.30. The van der Waals surface area contributed by atoms with Gasteiger partial charge in [-0.05, 0) is 31.5 Å².